The van der Waals surface area contributed by atoms with Gasteiger partial charge in [-0.2, -0.15) is 5.10 Å². The molecule has 3 heterocycles. The maximum absolute atomic E-state index is 12.3. The third-order valence-electron chi connectivity index (χ3n) is 4.54. The van der Waals surface area contributed by atoms with Gasteiger partial charge in [0.1, 0.15) is 5.69 Å². The summed E-state index contributed by atoms with van der Waals surface area (Å²) in [6.45, 7) is 0. The predicted molar refractivity (Wildman–Crippen MR) is 81.0 cm³/mol. The standard InChI is InChI=1S/C13H19IN4O/c1-17-9-3-4-10(17)6-8(5-9)16-13(19)12-11(14)7-15-18(12)2/h7-10H,3-6H2,1-2H3,(H,16,19). The maximum Gasteiger partial charge on any atom is 0.270 e. The molecule has 0 saturated carbocycles. The van der Waals surface area contributed by atoms with Crippen LogP contribution < -0.4 is 5.32 Å². The first kappa shape index (κ1) is 13.4. The number of carbonyl (C=O) groups is 1. The SMILES string of the molecule is CN1C2CCC1CC(NC(=O)c1c(I)cnn1C)C2. The number of nitrogens with one attached hydrogen (secondary N) is 1. The number of piperidine rings is 1. The third-order valence-corrected chi connectivity index (χ3v) is 5.33. The van der Waals surface area contributed by atoms with Crippen LogP contribution in [-0.4, -0.2) is 45.8 Å². The highest BCUT2D eigenvalue weighted by Crippen LogP contribution is 2.34. The van der Waals surface area contributed by atoms with Crippen LogP contribution in [0.15, 0.2) is 6.20 Å². The number of hydrogen-bond acceptors (Lipinski definition) is 3. The number of hydrogen-bond donors (Lipinski definition) is 1. The van der Waals surface area contributed by atoms with Crippen LogP contribution in [0.3, 0.4) is 0 Å². The molecule has 104 valence electrons. The number of rotatable bonds is 2. The van der Waals surface area contributed by atoms with Gasteiger partial charge < -0.3 is 10.2 Å². The summed E-state index contributed by atoms with van der Waals surface area (Å²) in [4.78, 5) is 14.8. The molecule has 2 unspecified atom stereocenters. The molecule has 1 amide bonds. The van der Waals surface area contributed by atoms with Gasteiger partial charge in [0.05, 0.1) is 9.77 Å². The molecule has 0 radical (unpaired) electrons. The van der Waals surface area contributed by atoms with E-state index < -0.39 is 0 Å². The van der Waals surface area contributed by atoms with E-state index in [9.17, 15) is 4.79 Å². The highest BCUT2D eigenvalue weighted by Gasteiger charge is 2.39. The molecule has 1 aromatic heterocycles. The molecule has 2 aliphatic heterocycles. The number of halogens is 1. The van der Waals surface area contributed by atoms with Crippen LogP contribution in [0.25, 0.3) is 0 Å². The molecule has 1 aromatic rings. The Hall–Kier alpha value is -0.630. The van der Waals surface area contributed by atoms with E-state index >= 15 is 0 Å². The minimum Gasteiger partial charge on any atom is -0.348 e. The third kappa shape index (κ3) is 2.40. The molecule has 2 fully saturated rings. The average molecular weight is 374 g/mol. The lowest BCUT2D eigenvalue weighted by atomic mass is 9.98. The maximum atomic E-state index is 12.3. The van der Waals surface area contributed by atoms with E-state index in [-0.39, 0.29) is 5.91 Å². The van der Waals surface area contributed by atoms with Crippen molar-refractivity contribution in [2.24, 2.45) is 7.05 Å². The molecular formula is C13H19IN4O. The van der Waals surface area contributed by atoms with E-state index in [0.717, 1.165) is 16.4 Å². The van der Waals surface area contributed by atoms with Gasteiger partial charge in [-0.1, -0.05) is 0 Å². The summed E-state index contributed by atoms with van der Waals surface area (Å²) < 4.78 is 2.56. The molecule has 0 spiro atoms. The first-order valence-electron chi connectivity index (χ1n) is 6.76. The molecule has 1 N–H and O–H groups in total. The Balaban J connectivity index is 1.68. The van der Waals surface area contributed by atoms with Crippen molar-refractivity contribution in [1.82, 2.24) is 20.0 Å². The van der Waals surface area contributed by atoms with Crippen LogP contribution in [0.4, 0.5) is 0 Å². The molecule has 19 heavy (non-hydrogen) atoms. The average Bonchev–Trinajstić information content (AvgIpc) is 2.77. The Morgan fingerprint density at radius 1 is 1.37 bits per heavy atom. The first-order valence-corrected chi connectivity index (χ1v) is 7.84. The number of nitrogens with zero attached hydrogens (tertiary/aromatic N) is 3. The van der Waals surface area contributed by atoms with E-state index in [1.165, 1.54) is 12.8 Å². The van der Waals surface area contributed by atoms with Crippen molar-refractivity contribution in [2.75, 3.05) is 7.05 Å². The zero-order valence-electron chi connectivity index (χ0n) is 11.3. The van der Waals surface area contributed by atoms with Crippen molar-refractivity contribution in [1.29, 1.82) is 0 Å². The normalized spacial score (nSPS) is 30.6. The fraction of sp³-hybridized carbons (Fsp3) is 0.692. The lowest BCUT2D eigenvalue weighted by Crippen LogP contribution is -2.49. The number of amides is 1. The summed E-state index contributed by atoms with van der Waals surface area (Å²) in [5.41, 5.74) is 0.673. The molecular weight excluding hydrogens is 355 g/mol. The molecule has 6 heteroatoms. The second-order valence-electron chi connectivity index (χ2n) is 5.66. The molecule has 3 rings (SSSR count). The van der Waals surface area contributed by atoms with Crippen LogP contribution in [-0.2, 0) is 7.05 Å². The van der Waals surface area contributed by atoms with Gasteiger partial charge in [-0.3, -0.25) is 9.48 Å². The van der Waals surface area contributed by atoms with Crippen molar-refractivity contribution in [2.45, 2.75) is 43.8 Å². The van der Waals surface area contributed by atoms with Gasteiger partial charge in [0, 0.05) is 25.2 Å². The van der Waals surface area contributed by atoms with Crippen molar-refractivity contribution in [3.8, 4) is 0 Å². The Morgan fingerprint density at radius 3 is 2.53 bits per heavy atom. The molecule has 5 nitrogen and oxygen atoms in total. The van der Waals surface area contributed by atoms with E-state index in [0.29, 0.717) is 23.8 Å². The summed E-state index contributed by atoms with van der Waals surface area (Å²) in [5.74, 6) is 0.0124. The van der Waals surface area contributed by atoms with Crippen LogP contribution in [0, 0.1) is 3.57 Å². The number of carbonyl (C=O) groups excluding carboxylic acids is 1. The molecule has 0 aromatic carbocycles. The smallest absolute Gasteiger partial charge is 0.270 e. The lowest BCUT2D eigenvalue weighted by molar-refractivity contribution is 0.0872. The van der Waals surface area contributed by atoms with E-state index in [1.807, 2.05) is 7.05 Å². The van der Waals surface area contributed by atoms with Gasteiger partial charge in [-0.05, 0) is 55.3 Å². The summed E-state index contributed by atoms with van der Waals surface area (Å²) >= 11 is 2.16. The molecule has 2 aliphatic rings. The summed E-state index contributed by atoms with van der Waals surface area (Å²) in [6, 6.07) is 1.61. The quantitative estimate of drug-likeness (QED) is 0.796. The topological polar surface area (TPSA) is 50.2 Å². The van der Waals surface area contributed by atoms with Crippen molar-refractivity contribution >= 4 is 28.5 Å². The zero-order chi connectivity index (χ0) is 13.6. The molecule has 0 aliphatic carbocycles. The minimum atomic E-state index is 0.0124. The number of aromatic nitrogens is 2. The van der Waals surface area contributed by atoms with E-state index in [4.69, 9.17) is 0 Å². The van der Waals surface area contributed by atoms with Crippen LogP contribution in [0.2, 0.25) is 0 Å². The first-order chi connectivity index (χ1) is 9.06. The Labute approximate surface area is 126 Å². The minimum absolute atomic E-state index is 0.0124. The lowest BCUT2D eigenvalue weighted by Gasteiger charge is -2.36. The van der Waals surface area contributed by atoms with Crippen LogP contribution in [0.1, 0.15) is 36.2 Å². The van der Waals surface area contributed by atoms with Gasteiger partial charge in [-0.15, -0.1) is 0 Å². The molecule has 2 atom stereocenters. The zero-order valence-corrected chi connectivity index (χ0v) is 13.4. The van der Waals surface area contributed by atoms with Gasteiger partial charge >= 0.3 is 0 Å². The van der Waals surface area contributed by atoms with Crippen molar-refractivity contribution < 1.29 is 4.79 Å². The summed E-state index contributed by atoms with van der Waals surface area (Å²) in [7, 11) is 4.03. The Kier molecular flexibility index (Phi) is 3.55. The van der Waals surface area contributed by atoms with Crippen LogP contribution in [0.5, 0.6) is 0 Å². The fourth-order valence-corrected chi connectivity index (χ4v) is 4.17. The molecule has 2 bridgehead atoms. The highest BCUT2D eigenvalue weighted by atomic mass is 127. The predicted octanol–water partition coefficient (Wildman–Crippen LogP) is 1.38. The highest BCUT2D eigenvalue weighted by molar-refractivity contribution is 14.1. The van der Waals surface area contributed by atoms with Crippen molar-refractivity contribution in [3.05, 3.63) is 15.5 Å². The Morgan fingerprint density at radius 2 is 2.00 bits per heavy atom. The second-order valence-corrected chi connectivity index (χ2v) is 6.82. The van der Waals surface area contributed by atoms with Gasteiger partial charge in [-0.25, -0.2) is 0 Å². The van der Waals surface area contributed by atoms with E-state index in [2.05, 4.69) is 45.0 Å². The van der Waals surface area contributed by atoms with Crippen molar-refractivity contribution in [3.63, 3.8) is 0 Å². The Bertz CT molecular complexity index is 467. The summed E-state index contributed by atoms with van der Waals surface area (Å²) in [5, 5.41) is 7.32. The van der Waals surface area contributed by atoms with Gasteiger partial charge in [0.25, 0.3) is 5.91 Å². The molecule has 2 saturated heterocycles. The van der Waals surface area contributed by atoms with Gasteiger partial charge in [0.2, 0.25) is 0 Å². The largest absolute Gasteiger partial charge is 0.348 e. The fourth-order valence-electron chi connectivity index (χ4n) is 3.45. The second kappa shape index (κ2) is 5.05. The monoisotopic (exact) mass is 374 g/mol. The van der Waals surface area contributed by atoms with Gasteiger partial charge in [0.15, 0.2) is 0 Å². The number of aryl methyl sites for hydroxylation is 1. The van der Waals surface area contributed by atoms with Crippen LogP contribution >= 0.6 is 22.6 Å². The van der Waals surface area contributed by atoms with E-state index in [1.54, 1.807) is 10.9 Å². The number of fused-ring (bicyclic) bond motifs is 2. The summed E-state index contributed by atoms with van der Waals surface area (Å²) in [6.07, 6.45) is 6.43.